The highest BCUT2D eigenvalue weighted by Crippen LogP contribution is 2.25. The van der Waals surface area contributed by atoms with Gasteiger partial charge in [-0.3, -0.25) is 0 Å². The lowest BCUT2D eigenvalue weighted by Crippen LogP contribution is -2.27. The van der Waals surface area contributed by atoms with Crippen molar-refractivity contribution in [3.63, 3.8) is 0 Å². The Morgan fingerprint density at radius 1 is 1.27 bits per heavy atom. The Kier molecular flexibility index (Phi) is 3.97. The van der Waals surface area contributed by atoms with Crippen LogP contribution >= 0.6 is 0 Å². The molecule has 1 N–H and O–H groups in total. The van der Waals surface area contributed by atoms with Crippen LogP contribution in [-0.2, 0) is 0 Å². The Morgan fingerprint density at radius 2 is 2.09 bits per heavy atom. The van der Waals surface area contributed by atoms with Crippen molar-refractivity contribution >= 4 is 16.9 Å². The van der Waals surface area contributed by atoms with E-state index in [2.05, 4.69) is 15.1 Å². The van der Waals surface area contributed by atoms with Crippen LogP contribution in [0.3, 0.4) is 0 Å². The molecule has 0 spiro atoms. The predicted octanol–water partition coefficient (Wildman–Crippen LogP) is 1.77. The summed E-state index contributed by atoms with van der Waals surface area (Å²) in [6.45, 7) is 3.16. The van der Waals surface area contributed by atoms with Crippen molar-refractivity contribution in [2.45, 2.75) is 6.92 Å². The first-order valence-electron chi connectivity index (χ1n) is 7.05. The zero-order chi connectivity index (χ0) is 15.5. The number of nitrogens with zero attached hydrogens (tertiary/aromatic N) is 5. The standard InChI is InChI=1S/C15H16FN5O/c1-2-20(7-8-22)14-11-9-19-21(15(11)18-10-17-14)13-6-4-3-5-12(13)16/h3-6,9-10,22H,2,7-8H2,1H3. The van der Waals surface area contributed by atoms with Gasteiger partial charge in [-0.1, -0.05) is 12.1 Å². The summed E-state index contributed by atoms with van der Waals surface area (Å²) in [5.74, 6) is 0.319. The monoisotopic (exact) mass is 301 g/mol. The Bertz CT molecular complexity index is 788. The zero-order valence-corrected chi connectivity index (χ0v) is 12.1. The summed E-state index contributed by atoms with van der Waals surface area (Å²) in [6.07, 6.45) is 3.05. The lowest BCUT2D eigenvalue weighted by Gasteiger charge is -2.20. The molecule has 0 aliphatic rings. The van der Waals surface area contributed by atoms with Gasteiger partial charge in [-0.15, -0.1) is 0 Å². The van der Waals surface area contributed by atoms with E-state index in [1.165, 1.54) is 17.1 Å². The highest BCUT2D eigenvalue weighted by molar-refractivity contribution is 5.87. The lowest BCUT2D eigenvalue weighted by molar-refractivity contribution is 0.302. The predicted molar refractivity (Wildman–Crippen MR) is 81.6 cm³/mol. The van der Waals surface area contributed by atoms with E-state index < -0.39 is 0 Å². The van der Waals surface area contributed by atoms with Crippen molar-refractivity contribution in [3.8, 4) is 5.69 Å². The number of aromatic nitrogens is 4. The van der Waals surface area contributed by atoms with Gasteiger partial charge in [-0.05, 0) is 19.1 Å². The molecule has 22 heavy (non-hydrogen) atoms. The molecule has 0 bridgehead atoms. The summed E-state index contributed by atoms with van der Waals surface area (Å²) in [5, 5.41) is 14.1. The molecule has 114 valence electrons. The van der Waals surface area contributed by atoms with E-state index in [4.69, 9.17) is 5.11 Å². The molecular formula is C15H16FN5O. The van der Waals surface area contributed by atoms with Crippen molar-refractivity contribution in [1.82, 2.24) is 19.7 Å². The van der Waals surface area contributed by atoms with Gasteiger partial charge in [0.2, 0.25) is 0 Å². The largest absolute Gasteiger partial charge is 0.395 e. The van der Waals surface area contributed by atoms with Crippen LogP contribution in [0.5, 0.6) is 0 Å². The Morgan fingerprint density at radius 3 is 2.82 bits per heavy atom. The quantitative estimate of drug-likeness (QED) is 0.778. The van der Waals surface area contributed by atoms with Crippen molar-refractivity contribution in [3.05, 3.63) is 42.6 Å². The Labute approximate surface area is 126 Å². The summed E-state index contributed by atoms with van der Waals surface area (Å²) in [6, 6.07) is 6.41. The topological polar surface area (TPSA) is 67.1 Å². The maximum absolute atomic E-state index is 14.0. The molecule has 0 atom stereocenters. The molecule has 2 aromatic heterocycles. The van der Waals surface area contributed by atoms with Crippen molar-refractivity contribution in [2.75, 3.05) is 24.6 Å². The van der Waals surface area contributed by atoms with Gasteiger partial charge in [0.25, 0.3) is 0 Å². The van der Waals surface area contributed by atoms with Gasteiger partial charge in [-0.25, -0.2) is 19.0 Å². The number of aliphatic hydroxyl groups is 1. The smallest absolute Gasteiger partial charge is 0.168 e. The number of hydrogen-bond donors (Lipinski definition) is 1. The average molecular weight is 301 g/mol. The van der Waals surface area contributed by atoms with Crippen LogP contribution in [0.2, 0.25) is 0 Å². The fourth-order valence-electron chi connectivity index (χ4n) is 2.42. The molecule has 3 rings (SSSR count). The number of benzene rings is 1. The van der Waals surface area contributed by atoms with E-state index in [1.54, 1.807) is 24.4 Å². The maximum Gasteiger partial charge on any atom is 0.168 e. The molecular weight excluding hydrogens is 285 g/mol. The third kappa shape index (κ3) is 2.39. The number of para-hydroxylation sites is 1. The minimum atomic E-state index is -0.365. The summed E-state index contributed by atoms with van der Waals surface area (Å²) < 4.78 is 15.4. The summed E-state index contributed by atoms with van der Waals surface area (Å²) in [4.78, 5) is 10.4. The van der Waals surface area contributed by atoms with Crippen LogP contribution in [0.15, 0.2) is 36.8 Å². The van der Waals surface area contributed by atoms with Gasteiger partial charge in [0, 0.05) is 13.1 Å². The van der Waals surface area contributed by atoms with Gasteiger partial charge in [0.05, 0.1) is 18.2 Å². The van der Waals surface area contributed by atoms with Crippen LogP contribution in [0, 0.1) is 5.82 Å². The third-order valence-electron chi connectivity index (χ3n) is 3.48. The van der Waals surface area contributed by atoms with Crippen LogP contribution in [0.25, 0.3) is 16.7 Å². The molecule has 0 saturated carbocycles. The van der Waals surface area contributed by atoms with Crippen molar-refractivity contribution < 1.29 is 9.50 Å². The molecule has 3 aromatic rings. The van der Waals surface area contributed by atoms with E-state index in [0.717, 1.165) is 5.39 Å². The molecule has 0 radical (unpaired) electrons. The van der Waals surface area contributed by atoms with Gasteiger partial charge >= 0.3 is 0 Å². The second kappa shape index (κ2) is 6.07. The van der Waals surface area contributed by atoms with Gasteiger partial charge in [-0.2, -0.15) is 5.10 Å². The first-order chi connectivity index (χ1) is 10.8. The molecule has 6 nitrogen and oxygen atoms in total. The minimum Gasteiger partial charge on any atom is -0.395 e. The number of aliphatic hydroxyl groups excluding tert-OH is 1. The average Bonchev–Trinajstić information content (AvgIpc) is 2.97. The number of halogens is 1. The molecule has 0 fully saturated rings. The summed E-state index contributed by atoms with van der Waals surface area (Å²) >= 11 is 0. The first kappa shape index (κ1) is 14.4. The van der Waals surface area contributed by atoms with Crippen LogP contribution in [0.1, 0.15) is 6.92 Å². The van der Waals surface area contributed by atoms with Crippen molar-refractivity contribution in [1.29, 1.82) is 0 Å². The zero-order valence-electron chi connectivity index (χ0n) is 12.1. The van der Waals surface area contributed by atoms with E-state index in [1.807, 2.05) is 11.8 Å². The normalized spacial score (nSPS) is 11.0. The first-order valence-corrected chi connectivity index (χ1v) is 7.05. The van der Waals surface area contributed by atoms with E-state index in [9.17, 15) is 4.39 Å². The number of likely N-dealkylation sites (N-methyl/N-ethyl adjacent to an activating group) is 1. The molecule has 0 aliphatic carbocycles. The fourth-order valence-corrected chi connectivity index (χ4v) is 2.42. The number of hydrogen-bond acceptors (Lipinski definition) is 5. The van der Waals surface area contributed by atoms with Gasteiger partial charge in [0.15, 0.2) is 5.65 Å². The molecule has 0 aliphatic heterocycles. The molecule has 0 unspecified atom stereocenters. The van der Waals surface area contributed by atoms with Crippen LogP contribution in [0.4, 0.5) is 10.2 Å². The number of anilines is 1. The number of rotatable bonds is 5. The second-order valence-corrected chi connectivity index (χ2v) is 4.75. The van der Waals surface area contributed by atoms with E-state index in [0.29, 0.717) is 30.2 Å². The third-order valence-corrected chi connectivity index (χ3v) is 3.48. The molecule has 7 heteroatoms. The Balaban J connectivity index is 2.15. The van der Waals surface area contributed by atoms with Gasteiger partial charge < -0.3 is 10.0 Å². The summed E-state index contributed by atoms with van der Waals surface area (Å²) in [5.41, 5.74) is 0.874. The number of fused-ring (bicyclic) bond motifs is 1. The summed E-state index contributed by atoms with van der Waals surface area (Å²) in [7, 11) is 0. The molecule has 1 aromatic carbocycles. The van der Waals surface area contributed by atoms with Crippen LogP contribution < -0.4 is 4.90 Å². The van der Waals surface area contributed by atoms with E-state index in [-0.39, 0.29) is 12.4 Å². The lowest BCUT2D eigenvalue weighted by atomic mass is 10.3. The SMILES string of the molecule is CCN(CCO)c1ncnc2c1cnn2-c1ccccc1F. The molecule has 0 saturated heterocycles. The van der Waals surface area contributed by atoms with E-state index >= 15 is 0 Å². The second-order valence-electron chi connectivity index (χ2n) is 4.75. The molecule has 0 amide bonds. The van der Waals surface area contributed by atoms with Crippen LogP contribution in [-0.4, -0.2) is 44.6 Å². The highest BCUT2D eigenvalue weighted by Gasteiger charge is 2.16. The van der Waals surface area contributed by atoms with Gasteiger partial charge in [0.1, 0.15) is 23.6 Å². The fraction of sp³-hybridized carbons (Fsp3) is 0.267. The minimum absolute atomic E-state index is 0.0286. The maximum atomic E-state index is 14.0. The highest BCUT2D eigenvalue weighted by atomic mass is 19.1. The Hall–Kier alpha value is -2.54. The van der Waals surface area contributed by atoms with Crippen molar-refractivity contribution in [2.24, 2.45) is 0 Å². The molecule has 2 heterocycles.